The highest BCUT2D eigenvalue weighted by molar-refractivity contribution is 5.99. The molecule has 0 unspecified atom stereocenters. The first-order valence-corrected chi connectivity index (χ1v) is 8.71. The lowest BCUT2D eigenvalue weighted by atomic mass is 10.1. The monoisotopic (exact) mass is 376 g/mol. The molecule has 0 spiro atoms. The average molecular weight is 376 g/mol. The zero-order valence-electron chi connectivity index (χ0n) is 15.6. The van der Waals surface area contributed by atoms with Crippen molar-refractivity contribution in [1.82, 2.24) is 20.9 Å². The number of urea groups is 2. The van der Waals surface area contributed by atoms with Gasteiger partial charge in [-0.1, -0.05) is 12.1 Å². The standard InChI is InChI=1S/C18H24N4O5/c1-11(2)21-17(25)20-10-13-4-6-14(7-5-13)16(24)27-12(3)15(23)22-9-8-19-18(22)26/h4-7,11-12H,8-10H2,1-3H3,(H,19,26)(H2,20,21,25)/t12-/m1/s1. The van der Waals surface area contributed by atoms with Crippen molar-refractivity contribution < 1.29 is 23.9 Å². The van der Waals surface area contributed by atoms with Gasteiger partial charge in [0, 0.05) is 25.7 Å². The molecule has 9 heteroatoms. The Balaban J connectivity index is 1.86. The summed E-state index contributed by atoms with van der Waals surface area (Å²) in [5, 5.41) is 7.94. The largest absolute Gasteiger partial charge is 0.449 e. The molecule has 1 atom stereocenters. The van der Waals surface area contributed by atoms with Crippen molar-refractivity contribution in [2.24, 2.45) is 0 Å². The molecule has 1 heterocycles. The highest BCUT2D eigenvalue weighted by Gasteiger charge is 2.31. The highest BCUT2D eigenvalue weighted by atomic mass is 16.5. The molecule has 0 aliphatic carbocycles. The van der Waals surface area contributed by atoms with Crippen LogP contribution in [0.15, 0.2) is 24.3 Å². The lowest BCUT2D eigenvalue weighted by molar-refractivity contribution is -0.136. The van der Waals surface area contributed by atoms with E-state index in [1.165, 1.54) is 6.92 Å². The van der Waals surface area contributed by atoms with Crippen molar-refractivity contribution in [3.05, 3.63) is 35.4 Å². The first-order valence-electron chi connectivity index (χ1n) is 8.71. The smallest absolute Gasteiger partial charge is 0.338 e. The summed E-state index contributed by atoms with van der Waals surface area (Å²) in [5.41, 5.74) is 1.08. The Labute approximate surface area is 157 Å². The van der Waals surface area contributed by atoms with Gasteiger partial charge in [0.25, 0.3) is 5.91 Å². The van der Waals surface area contributed by atoms with E-state index in [9.17, 15) is 19.2 Å². The summed E-state index contributed by atoms with van der Waals surface area (Å²) in [4.78, 5) is 48.4. The van der Waals surface area contributed by atoms with E-state index in [1.54, 1.807) is 24.3 Å². The van der Waals surface area contributed by atoms with Crippen molar-refractivity contribution in [2.75, 3.05) is 13.1 Å². The van der Waals surface area contributed by atoms with Crippen LogP contribution in [0.1, 0.15) is 36.7 Å². The predicted molar refractivity (Wildman–Crippen MR) is 96.9 cm³/mol. The summed E-state index contributed by atoms with van der Waals surface area (Å²) < 4.78 is 5.15. The Morgan fingerprint density at radius 2 is 1.85 bits per heavy atom. The minimum absolute atomic E-state index is 0.0403. The van der Waals surface area contributed by atoms with Crippen LogP contribution in [-0.4, -0.2) is 54.1 Å². The van der Waals surface area contributed by atoms with Crippen LogP contribution < -0.4 is 16.0 Å². The molecule has 1 aromatic carbocycles. The maximum Gasteiger partial charge on any atom is 0.338 e. The molecule has 1 fully saturated rings. The van der Waals surface area contributed by atoms with Crippen LogP contribution >= 0.6 is 0 Å². The van der Waals surface area contributed by atoms with Gasteiger partial charge in [-0.2, -0.15) is 0 Å². The number of esters is 1. The second-order valence-electron chi connectivity index (χ2n) is 6.45. The van der Waals surface area contributed by atoms with Crippen LogP contribution in [-0.2, 0) is 16.1 Å². The van der Waals surface area contributed by atoms with Crippen molar-refractivity contribution in [3.8, 4) is 0 Å². The van der Waals surface area contributed by atoms with Gasteiger partial charge in [-0.05, 0) is 38.5 Å². The van der Waals surface area contributed by atoms with Crippen LogP contribution in [0.5, 0.6) is 0 Å². The molecule has 0 bridgehead atoms. The number of benzene rings is 1. The normalized spacial score (nSPS) is 14.5. The number of hydrogen-bond donors (Lipinski definition) is 3. The molecular formula is C18H24N4O5. The number of carbonyl (C=O) groups is 4. The summed E-state index contributed by atoms with van der Waals surface area (Å²) in [7, 11) is 0. The highest BCUT2D eigenvalue weighted by Crippen LogP contribution is 2.10. The summed E-state index contributed by atoms with van der Waals surface area (Å²) in [6.45, 7) is 6.11. The molecule has 1 saturated heterocycles. The molecule has 3 N–H and O–H groups in total. The van der Waals surface area contributed by atoms with Gasteiger partial charge >= 0.3 is 18.0 Å². The zero-order valence-corrected chi connectivity index (χ0v) is 15.6. The van der Waals surface area contributed by atoms with Crippen LogP contribution in [0.2, 0.25) is 0 Å². The molecule has 146 valence electrons. The van der Waals surface area contributed by atoms with Crippen molar-refractivity contribution in [2.45, 2.75) is 39.5 Å². The van der Waals surface area contributed by atoms with E-state index in [0.29, 0.717) is 13.1 Å². The Morgan fingerprint density at radius 1 is 1.19 bits per heavy atom. The molecule has 27 heavy (non-hydrogen) atoms. The van der Waals surface area contributed by atoms with Gasteiger partial charge in [0.05, 0.1) is 5.56 Å². The zero-order chi connectivity index (χ0) is 20.0. The summed E-state index contributed by atoms with van der Waals surface area (Å²) >= 11 is 0. The number of amides is 5. The molecular weight excluding hydrogens is 352 g/mol. The van der Waals surface area contributed by atoms with Crippen molar-refractivity contribution >= 4 is 23.9 Å². The van der Waals surface area contributed by atoms with Gasteiger partial charge in [-0.15, -0.1) is 0 Å². The second-order valence-corrected chi connectivity index (χ2v) is 6.45. The molecule has 0 saturated carbocycles. The van der Waals surface area contributed by atoms with Crippen LogP contribution in [0.4, 0.5) is 9.59 Å². The molecule has 1 aliphatic rings. The third-order valence-corrected chi connectivity index (χ3v) is 3.82. The maximum atomic E-state index is 12.2. The van der Waals surface area contributed by atoms with Crippen molar-refractivity contribution in [3.63, 3.8) is 0 Å². The van der Waals surface area contributed by atoms with Gasteiger partial charge < -0.3 is 20.7 Å². The first-order chi connectivity index (χ1) is 12.8. The summed E-state index contributed by atoms with van der Waals surface area (Å²) in [5.74, 6) is -1.22. The SMILES string of the molecule is CC(C)NC(=O)NCc1ccc(C(=O)O[C@H](C)C(=O)N2CCNC2=O)cc1. The maximum absolute atomic E-state index is 12.2. The summed E-state index contributed by atoms with van der Waals surface area (Å²) in [6.07, 6.45) is -1.07. The summed E-state index contributed by atoms with van der Waals surface area (Å²) in [6, 6.07) is 5.77. The molecule has 2 rings (SSSR count). The van der Waals surface area contributed by atoms with Crippen LogP contribution in [0.25, 0.3) is 0 Å². The first kappa shape index (κ1) is 20.2. The Morgan fingerprint density at radius 3 is 2.41 bits per heavy atom. The Hall–Kier alpha value is -3.10. The quantitative estimate of drug-likeness (QED) is 0.640. The van der Waals surface area contributed by atoms with E-state index in [2.05, 4.69) is 16.0 Å². The van der Waals surface area contributed by atoms with Crippen LogP contribution in [0.3, 0.4) is 0 Å². The molecule has 1 aromatic rings. The number of rotatable bonds is 6. The topological polar surface area (TPSA) is 117 Å². The lowest BCUT2D eigenvalue weighted by Crippen LogP contribution is -2.41. The van der Waals surface area contributed by atoms with E-state index in [1.807, 2.05) is 13.8 Å². The Bertz CT molecular complexity index is 717. The van der Waals surface area contributed by atoms with E-state index in [4.69, 9.17) is 4.74 Å². The fraction of sp³-hybridized carbons (Fsp3) is 0.444. The van der Waals surface area contributed by atoms with E-state index in [0.717, 1.165) is 10.5 Å². The number of imide groups is 1. The minimum Gasteiger partial charge on any atom is -0.449 e. The van der Waals surface area contributed by atoms with Gasteiger partial charge in [-0.25, -0.2) is 14.4 Å². The molecule has 1 aliphatic heterocycles. The number of carbonyl (C=O) groups excluding carboxylic acids is 4. The lowest BCUT2D eigenvalue weighted by Gasteiger charge is -2.18. The third kappa shape index (κ3) is 5.70. The minimum atomic E-state index is -1.07. The van der Waals surface area contributed by atoms with E-state index < -0.39 is 24.0 Å². The molecule has 9 nitrogen and oxygen atoms in total. The molecule has 0 aromatic heterocycles. The molecule has 0 radical (unpaired) electrons. The Kier molecular flexibility index (Phi) is 6.75. The van der Waals surface area contributed by atoms with E-state index in [-0.39, 0.29) is 24.2 Å². The fourth-order valence-corrected chi connectivity index (χ4v) is 2.43. The van der Waals surface area contributed by atoms with E-state index >= 15 is 0 Å². The predicted octanol–water partition coefficient (Wildman–Crippen LogP) is 0.991. The van der Waals surface area contributed by atoms with Gasteiger partial charge in [-0.3, -0.25) is 9.69 Å². The third-order valence-electron chi connectivity index (χ3n) is 3.82. The number of hydrogen-bond acceptors (Lipinski definition) is 5. The number of ether oxygens (including phenoxy) is 1. The second kappa shape index (κ2) is 9.02. The van der Waals surface area contributed by atoms with Crippen molar-refractivity contribution in [1.29, 1.82) is 0 Å². The fourth-order valence-electron chi connectivity index (χ4n) is 2.43. The van der Waals surface area contributed by atoms with Gasteiger partial charge in [0.2, 0.25) is 0 Å². The number of nitrogens with zero attached hydrogens (tertiary/aromatic N) is 1. The van der Waals surface area contributed by atoms with Gasteiger partial charge in [0.1, 0.15) is 0 Å². The number of nitrogens with one attached hydrogen (secondary N) is 3. The van der Waals surface area contributed by atoms with Crippen LogP contribution in [0, 0.1) is 0 Å². The molecule has 5 amide bonds. The van der Waals surface area contributed by atoms with Gasteiger partial charge in [0.15, 0.2) is 6.10 Å². The average Bonchev–Trinajstić information content (AvgIpc) is 3.05.